The van der Waals surface area contributed by atoms with Gasteiger partial charge >= 0.3 is 6.36 Å². The fourth-order valence-corrected chi connectivity index (χ4v) is 3.54. The summed E-state index contributed by atoms with van der Waals surface area (Å²) in [5.41, 5.74) is 1.30. The van der Waals surface area contributed by atoms with Gasteiger partial charge in [0, 0.05) is 13.0 Å². The van der Waals surface area contributed by atoms with Crippen molar-refractivity contribution < 1.29 is 32.2 Å². The number of anilines is 1. The van der Waals surface area contributed by atoms with Crippen molar-refractivity contribution >= 4 is 38.5 Å². The smallest absolute Gasteiger partial charge is 0.406 e. The van der Waals surface area contributed by atoms with E-state index in [1.165, 1.54) is 19.1 Å². The third kappa shape index (κ3) is 6.93. The van der Waals surface area contributed by atoms with Crippen molar-refractivity contribution in [2.24, 2.45) is 0 Å². The minimum Gasteiger partial charge on any atom is -0.406 e. The molecule has 2 amide bonds. The highest BCUT2D eigenvalue weighted by atomic mass is 32.1. The van der Waals surface area contributed by atoms with E-state index in [9.17, 15) is 22.8 Å². The second-order valence-corrected chi connectivity index (χ2v) is 7.47. The lowest BCUT2D eigenvalue weighted by Gasteiger charge is -2.17. The lowest BCUT2D eigenvalue weighted by Crippen LogP contribution is -2.46. The first kappa shape index (κ1) is 22.5. The lowest BCUT2D eigenvalue weighted by atomic mass is 10.2. The zero-order valence-corrected chi connectivity index (χ0v) is 17.0. The molecule has 3 rings (SSSR count). The summed E-state index contributed by atoms with van der Waals surface area (Å²) in [7, 11) is 0. The van der Waals surface area contributed by atoms with E-state index in [2.05, 4.69) is 20.4 Å². The molecule has 2 N–H and O–H groups in total. The van der Waals surface area contributed by atoms with Gasteiger partial charge in [0.15, 0.2) is 5.13 Å². The third-order valence-electron chi connectivity index (χ3n) is 3.91. The van der Waals surface area contributed by atoms with Gasteiger partial charge in [-0.15, -0.1) is 13.2 Å². The van der Waals surface area contributed by atoms with E-state index in [0.717, 1.165) is 23.0 Å². The molecule has 0 saturated heterocycles. The van der Waals surface area contributed by atoms with Gasteiger partial charge in [-0.25, -0.2) is 4.98 Å². The fourth-order valence-electron chi connectivity index (χ4n) is 2.65. The molecule has 0 radical (unpaired) electrons. The maximum Gasteiger partial charge on any atom is 0.573 e. The number of aromatic nitrogens is 1. The highest BCUT2D eigenvalue weighted by Gasteiger charge is 2.31. The normalized spacial score (nSPS) is 12.4. The molecular weight excluding hydrogens is 435 g/mol. The van der Waals surface area contributed by atoms with Gasteiger partial charge in [-0.1, -0.05) is 41.7 Å². The average molecular weight is 453 g/mol. The van der Waals surface area contributed by atoms with Gasteiger partial charge in [-0.3, -0.25) is 9.59 Å². The number of carbonyl (C=O) groups is 2. The van der Waals surface area contributed by atoms with Crippen molar-refractivity contribution in [1.29, 1.82) is 0 Å². The molecule has 2 aromatic carbocycles. The Kier molecular flexibility index (Phi) is 7.08. The van der Waals surface area contributed by atoms with Crippen LogP contribution in [0, 0.1) is 0 Å². The summed E-state index contributed by atoms with van der Waals surface area (Å²) in [6, 6.07) is 12.0. The monoisotopic (exact) mass is 453 g/mol. The number of carbonyl (C=O) groups excluding carboxylic acids is 2. The molecule has 1 aromatic heterocycles. The number of fused-ring (bicyclic) bond motifs is 1. The van der Waals surface area contributed by atoms with Crippen LogP contribution in [0.1, 0.15) is 12.5 Å². The van der Waals surface area contributed by atoms with E-state index in [1.807, 2.05) is 30.3 Å². The predicted molar refractivity (Wildman–Crippen MR) is 109 cm³/mol. The van der Waals surface area contributed by atoms with Crippen LogP contribution < -0.4 is 15.4 Å². The molecule has 3 aromatic rings. The van der Waals surface area contributed by atoms with Gasteiger partial charge in [0.25, 0.3) is 5.91 Å². The Morgan fingerprint density at radius 2 is 1.90 bits per heavy atom. The number of alkyl halides is 3. The first-order valence-corrected chi connectivity index (χ1v) is 9.87. The average Bonchev–Trinajstić information content (AvgIpc) is 3.08. The first-order chi connectivity index (χ1) is 14.7. The van der Waals surface area contributed by atoms with Crippen molar-refractivity contribution in [3.8, 4) is 5.75 Å². The van der Waals surface area contributed by atoms with Crippen LogP contribution in [0.3, 0.4) is 0 Å². The Morgan fingerprint density at radius 1 is 1.16 bits per heavy atom. The number of hydrogen-bond donors (Lipinski definition) is 2. The molecule has 0 aliphatic carbocycles. The number of benzene rings is 2. The van der Waals surface area contributed by atoms with Crippen LogP contribution in [0.25, 0.3) is 10.2 Å². The number of nitrogens with zero attached hydrogens (tertiary/aromatic N) is 1. The molecule has 0 bridgehead atoms. The van der Waals surface area contributed by atoms with Crippen molar-refractivity contribution in [3.63, 3.8) is 0 Å². The van der Waals surface area contributed by atoms with Gasteiger partial charge in [0.2, 0.25) is 5.91 Å². The van der Waals surface area contributed by atoms with Crippen molar-refractivity contribution in [1.82, 2.24) is 10.3 Å². The minimum atomic E-state index is -4.80. The number of amides is 2. The molecule has 0 spiro atoms. The number of halogens is 3. The van der Waals surface area contributed by atoms with E-state index >= 15 is 0 Å². The Morgan fingerprint density at radius 3 is 2.58 bits per heavy atom. The van der Waals surface area contributed by atoms with E-state index < -0.39 is 24.2 Å². The SMILES string of the molecule is CC(=O)N[C@@H](COCc1ccccc1)C(=O)Nc1nc2ccc(OC(F)(F)F)cc2s1. The number of nitrogens with one attached hydrogen (secondary N) is 2. The quantitative estimate of drug-likeness (QED) is 0.541. The van der Waals surface area contributed by atoms with E-state index in [1.54, 1.807) is 0 Å². The predicted octanol–water partition coefficient (Wildman–Crippen LogP) is 3.85. The molecule has 0 unspecified atom stereocenters. The second kappa shape index (κ2) is 9.75. The summed E-state index contributed by atoms with van der Waals surface area (Å²) < 4.78 is 47.0. The van der Waals surface area contributed by atoms with Gasteiger partial charge < -0.3 is 20.1 Å². The summed E-state index contributed by atoms with van der Waals surface area (Å²) in [6.07, 6.45) is -4.80. The molecule has 7 nitrogen and oxygen atoms in total. The lowest BCUT2D eigenvalue weighted by molar-refractivity contribution is -0.274. The molecule has 31 heavy (non-hydrogen) atoms. The van der Waals surface area contributed by atoms with Gasteiger partial charge in [0.1, 0.15) is 11.8 Å². The number of ether oxygens (including phenoxy) is 2. The summed E-state index contributed by atoms with van der Waals surface area (Å²) in [6.45, 7) is 1.46. The van der Waals surface area contributed by atoms with Gasteiger partial charge in [-0.2, -0.15) is 0 Å². The second-order valence-electron chi connectivity index (χ2n) is 6.44. The van der Waals surface area contributed by atoms with Crippen LogP contribution in [-0.2, 0) is 20.9 Å². The molecule has 1 atom stereocenters. The zero-order valence-electron chi connectivity index (χ0n) is 16.2. The maximum absolute atomic E-state index is 12.6. The number of thiazole rings is 1. The van der Waals surface area contributed by atoms with Gasteiger partial charge in [-0.05, 0) is 17.7 Å². The van der Waals surface area contributed by atoms with Gasteiger partial charge in [0.05, 0.1) is 23.4 Å². The summed E-state index contributed by atoms with van der Waals surface area (Å²) in [5.74, 6) is -1.36. The van der Waals surface area contributed by atoms with E-state index in [0.29, 0.717) is 10.2 Å². The first-order valence-electron chi connectivity index (χ1n) is 9.05. The number of rotatable bonds is 8. The molecule has 0 fully saturated rings. The highest BCUT2D eigenvalue weighted by Crippen LogP contribution is 2.31. The third-order valence-corrected chi connectivity index (χ3v) is 4.85. The van der Waals surface area contributed by atoms with Crippen LogP contribution in [0.4, 0.5) is 18.3 Å². The molecule has 0 saturated carbocycles. The van der Waals surface area contributed by atoms with Crippen molar-refractivity contribution in [2.45, 2.75) is 25.9 Å². The van der Waals surface area contributed by atoms with Crippen LogP contribution in [0.2, 0.25) is 0 Å². The molecule has 1 heterocycles. The summed E-state index contributed by atoms with van der Waals surface area (Å²) in [5, 5.41) is 5.24. The zero-order chi connectivity index (χ0) is 22.4. The minimum absolute atomic E-state index is 0.0746. The molecular formula is C20H18F3N3O4S. The summed E-state index contributed by atoms with van der Waals surface area (Å²) in [4.78, 5) is 28.3. The molecule has 0 aliphatic rings. The van der Waals surface area contributed by atoms with Crippen molar-refractivity contribution in [3.05, 3.63) is 54.1 Å². The van der Waals surface area contributed by atoms with Crippen LogP contribution in [-0.4, -0.2) is 35.8 Å². The van der Waals surface area contributed by atoms with Crippen LogP contribution in [0.5, 0.6) is 5.75 Å². The largest absolute Gasteiger partial charge is 0.573 e. The number of hydrogen-bond acceptors (Lipinski definition) is 6. The molecule has 0 aliphatic heterocycles. The topological polar surface area (TPSA) is 89.5 Å². The van der Waals surface area contributed by atoms with E-state index in [4.69, 9.17) is 4.74 Å². The van der Waals surface area contributed by atoms with Crippen LogP contribution >= 0.6 is 11.3 Å². The van der Waals surface area contributed by atoms with Crippen molar-refractivity contribution in [2.75, 3.05) is 11.9 Å². The highest BCUT2D eigenvalue weighted by molar-refractivity contribution is 7.22. The Balaban J connectivity index is 1.65. The Bertz CT molecular complexity index is 1060. The standard InChI is InChI=1S/C20H18F3N3O4S/c1-12(27)24-16(11-29-10-13-5-3-2-4-6-13)18(28)26-19-25-15-8-7-14(9-17(15)31-19)30-20(21,22)23/h2-9,16H,10-11H2,1H3,(H,24,27)(H,25,26,28)/t16-/m0/s1. The Hall–Kier alpha value is -3.18. The Labute approximate surface area is 179 Å². The molecule has 11 heteroatoms. The van der Waals surface area contributed by atoms with E-state index in [-0.39, 0.29) is 24.1 Å². The van der Waals surface area contributed by atoms with Crippen LogP contribution in [0.15, 0.2) is 48.5 Å². The molecule has 164 valence electrons. The maximum atomic E-state index is 12.6. The summed E-state index contributed by atoms with van der Waals surface area (Å²) >= 11 is 0.979. The fraction of sp³-hybridized carbons (Fsp3) is 0.250.